The second-order valence-corrected chi connectivity index (χ2v) is 10.4. The zero-order valence-corrected chi connectivity index (χ0v) is 18.6. The number of hydrogen-bond donors (Lipinski definition) is 1. The van der Waals surface area contributed by atoms with E-state index in [1.165, 1.54) is 17.0 Å². The minimum absolute atomic E-state index is 0.0918. The van der Waals surface area contributed by atoms with Gasteiger partial charge in [0.2, 0.25) is 0 Å². The lowest BCUT2D eigenvalue weighted by atomic mass is 9.82. The summed E-state index contributed by atoms with van der Waals surface area (Å²) in [5, 5.41) is 0. The van der Waals surface area contributed by atoms with Crippen molar-refractivity contribution < 1.29 is 40.2 Å². The van der Waals surface area contributed by atoms with Gasteiger partial charge in [0.15, 0.2) is 6.61 Å². The molecular weight excluding hydrogens is 468 g/mol. The van der Waals surface area contributed by atoms with Crippen LogP contribution >= 0.6 is 0 Å². The van der Waals surface area contributed by atoms with Crippen LogP contribution in [-0.2, 0) is 19.6 Å². The van der Waals surface area contributed by atoms with Crippen LogP contribution in [0.3, 0.4) is 0 Å². The topological polar surface area (TPSA) is 84.9 Å². The van der Waals surface area contributed by atoms with Gasteiger partial charge in [-0.2, -0.15) is 13.2 Å². The van der Waals surface area contributed by atoms with Crippen molar-refractivity contribution in [3.05, 3.63) is 29.6 Å². The first kappa shape index (κ1) is 24.2. The van der Waals surface area contributed by atoms with Gasteiger partial charge < -0.3 is 14.4 Å². The Kier molecular flexibility index (Phi) is 6.88. The molecule has 2 bridgehead atoms. The average molecular weight is 495 g/mol. The van der Waals surface area contributed by atoms with Crippen LogP contribution < -0.4 is 9.46 Å². The van der Waals surface area contributed by atoms with Crippen LogP contribution in [0.5, 0.6) is 5.75 Å². The summed E-state index contributed by atoms with van der Waals surface area (Å²) in [7, 11) is -5.59. The fraction of sp³-hybridized carbons (Fsp3) is 0.667. The molecule has 12 heteroatoms. The van der Waals surface area contributed by atoms with Gasteiger partial charge in [-0.15, -0.1) is 0 Å². The van der Waals surface area contributed by atoms with Gasteiger partial charge in [0, 0.05) is 18.2 Å². The zero-order chi connectivity index (χ0) is 23.8. The standard InChI is InChI=1S/C21H26F4N2O5S/c22-15-3-1-5-18-20(15)13-6-8-14(9-7-13)31-11-17-16(26-33(29,30)21(23,24)25)4-2-10-27(17)19(28)12-32-18/h1,3,5,13-14,16-17,26H,2,4,6-12H2/t13-,14+,16-,17-/m0/s1. The molecule has 1 aromatic carbocycles. The number of halogens is 4. The van der Waals surface area contributed by atoms with Crippen molar-refractivity contribution in [2.45, 2.75) is 68.1 Å². The van der Waals surface area contributed by atoms with Crippen LogP contribution in [0.15, 0.2) is 18.2 Å². The van der Waals surface area contributed by atoms with Crippen molar-refractivity contribution in [2.24, 2.45) is 0 Å². The molecule has 3 aliphatic heterocycles. The van der Waals surface area contributed by atoms with Crippen LogP contribution in [0.4, 0.5) is 17.6 Å². The highest BCUT2D eigenvalue weighted by Crippen LogP contribution is 2.40. The van der Waals surface area contributed by atoms with Crippen molar-refractivity contribution >= 4 is 15.9 Å². The molecule has 1 aromatic rings. The van der Waals surface area contributed by atoms with E-state index in [0.29, 0.717) is 37.7 Å². The summed E-state index contributed by atoms with van der Waals surface area (Å²) < 4.78 is 90.5. The van der Waals surface area contributed by atoms with Crippen LogP contribution in [0, 0.1) is 5.82 Å². The molecule has 33 heavy (non-hydrogen) atoms. The van der Waals surface area contributed by atoms with E-state index in [1.807, 2.05) is 0 Å². The lowest BCUT2D eigenvalue weighted by molar-refractivity contribution is -0.140. The Morgan fingerprint density at radius 3 is 2.52 bits per heavy atom. The second-order valence-electron chi connectivity index (χ2n) is 8.72. The first-order valence-electron chi connectivity index (χ1n) is 11.0. The van der Waals surface area contributed by atoms with E-state index in [0.717, 1.165) is 0 Å². The highest BCUT2D eigenvalue weighted by Gasteiger charge is 2.49. The number of hydrogen-bond acceptors (Lipinski definition) is 5. The molecule has 1 aliphatic carbocycles. The number of nitrogens with one attached hydrogen (secondary N) is 1. The maximum Gasteiger partial charge on any atom is 0.511 e. The maximum absolute atomic E-state index is 14.6. The molecule has 1 amide bonds. The molecule has 1 saturated heterocycles. The number of fused-ring (bicyclic) bond motifs is 5. The zero-order valence-electron chi connectivity index (χ0n) is 17.8. The van der Waals surface area contributed by atoms with Gasteiger partial charge in [-0.3, -0.25) is 4.79 Å². The molecule has 0 aromatic heterocycles. The predicted molar refractivity (Wildman–Crippen MR) is 109 cm³/mol. The van der Waals surface area contributed by atoms with Crippen molar-refractivity contribution in [1.82, 2.24) is 9.62 Å². The fourth-order valence-electron chi connectivity index (χ4n) is 4.99. The van der Waals surface area contributed by atoms with Crippen molar-refractivity contribution in [2.75, 3.05) is 19.8 Å². The van der Waals surface area contributed by atoms with E-state index in [4.69, 9.17) is 9.47 Å². The van der Waals surface area contributed by atoms with Gasteiger partial charge in [-0.25, -0.2) is 17.5 Å². The summed E-state index contributed by atoms with van der Waals surface area (Å²) in [4.78, 5) is 14.3. The Morgan fingerprint density at radius 1 is 1.09 bits per heavy atom. The number of ether oxygens (including phenoxy) is 2. The minimum atomic E-state index is -5.59. The summed E-state index contributed by atoms with van der Waals surface area (Å²) in [5.41, 5.74) is -5.03. The number of carbonyl (C=O) groups is 1. The summed E-state index contributed by atoms with van der Waals surface area (Å²) in [5.74, 6) is -0.751. The maximum atomic E-state index is 14.6. The Hall–Kier alpha value is -1.92. The number of nitrogens with zero attached hydrogens (tertiary/aromatic N) is 1. The summed E-state index contributed by atoms with van der Waals surface area (Å²) in [6.45, 7) is -0.320. The Balaban J connectivity index is 1.62. The average Bonchev–Trinajstić information content (AvgIpc) is 2.77. The number of rotatable bonds is 2. The monoisotopic (exact) mass is 494 g/mol. The molecule has 1 N–H and O–H groups in total. The number of carbonyl (C=O) groups excluding carboxylic acids is 1. The number of alkyl halides is 3. The SMILES string of the molecule is O=C1COc2cccc(F)c2[C@H]2CC[C@H](CC2)OC[C@H]2[C@@H](NS(=O)(=O)C(F)(F)F)CCCN12. The van der Waals surface area contributed by atoms with E-state index >= 15 is 0 Å². The summed E-state index contributed by atoms with van der Waals surface area (Å²) >= 11 is 0. The third-order valence-corrected chi connectivity index (χ3v) is 7.88. The van der Waals surface area contributed by atoms with Crippen LogP contribution in [-0.4, -0.2) is 62.7 Å². The van der Waals surface area contributed by atoms with E-state index in [9.17, 15) is 30.8 Å². The molecule has 1 saturated carbocycles. The second kappa shape index (κ2) is 9.38. The molecule has 0 spiro atoms. The van der Waals surface area contributed by atoms with E-state index < -0.39 is 45.9 Å². The third-order valence-electron chi connectivity index (χ3n) is 6.66. The van der Waals surface area contributed by atoms with Crippen molar-refractivity contribution in [3.8, 4) is 5.75 Å². The molecule has 3 heterocycles. The Bertz CT molecular complexity index is 979. The van der Waals surface area contributed by atoms with Gasteiger partial charge in [0.25, 0.3) is 5.91 Å². The van der Waals surface area contributed by atoms with Gasteiger partial charge in [0.1, 0.15) is 11.6 Å². The van der Waals surface area contributed by atoms with Crippen LogP contribution in [0.25, 0.3) is 0 Å². The normalized spacial score (nSPS) is 29.2. The molecule has 0 radical (unpaired) electrons. The number of benzene rings is 1. The van der Waals surface area contributed by atoms with Crippen molar-refractivity contribution in [1.29, 1.82) is 0 Å². The molecule has 7 nitrogen and oxygen atoms in total. The smallest absolute Gasteiger partial charge is 0.483 e. The van der Waals surface area contributed by atoms with Crippen LogP contribution in [0.1, 0.15) is 50.0 Å². The Morgan fingerprint density at radius 2 is 1.82 bits per heavy atom. The number of sulfonamides is 1. The Labute approximate surface area is 189 Å². The van der Waals surface area contributed by atoms with Gasteiger partial charge >= 0.3 is 15.5 Å². The molecule has 2 atom stereocenters. The molecular formula is C21H26F4N2O5S. The minimum Gasteiger partial charge on any atom is -0.483 e. The molecule has 4 aliphatic rings. The van der Waals surface area contributed by atoms with Crippen LogP contribution in [0.2, 0.25) is 0 Å². The summed E-state index contributed by atoms with van der Waals surface area (Å²) in [6, 6.07) is 2.37. The number of piperidine rings is 1. The first-order chi connectivity index (χ1) is 15.6. The van der Waals surface area contributed by atoms with Gasteiger partial charge in [0.05, 0.1) is 18.8 Å². The summed E-state index contributed by atoms with van der Waals surface area (Å²) in [6.07, 6.45) is 2.72. The molecule has 2 fully saturated rings. The largest absolute Gasteiger partial charge is 0.511 e. The first-order valence-corrected chi connectivity index (χ1v) is 12.5. The quantitative estimate of drug-likeness (QED) is 0.639. The van der Waals surface area contributed by atoms with E-state index in [2.05, 4.69) is 0 Å². The fourth-order valence-corrected chi connectivity index (χ4v) is 5.80. The third kappa shape index (κ3) is 5.12. The van der Waals surface area contributed by atoms with Gasteiger partial charge in [-0.05, 0) is 56.6 Å². The molecule has 0 unspecified atom stereocenters. The lowest BCUT2D eigenvalue weighted by Gasteiger charge is -2.42. The highest BCUT2D eigenvalue weighted by atomic mass is 32.2. The number of amides is 1. The molecule has 5 rings (SSSR count). The predicted octanol–water partition coefficient (Wildman–Crippen LogP) is 3.06. The highest BCUT2D eigenvalue weighted by molar-refractivity contribution is 7.90. The molecule has 184 valence electrons. The van der Waals surface area contributed by atoms with E-state index in [-0.39, 0.29) is 37.3 Å². The lowest BCUT2D eigenvalue weighted by Crippen LogP contribution is -2.60. The van der Waals surface area contributed by atoms with Gasteiger partial charge in [-0.1, -0.05) is 6.07 Å². The van der Waals surface area contributed by atoms with Crippen molar-refractivity contribution in [3.63, 3.8) is 0 Å². The van der Waals surface area contributed by atoms with E-state index in [1.54, 1.807) is 10.8 Å².